The largest absolute Gasteiger partial charge is 0.418 e. The van der Waals surface area contributed by atoms with Crippen molar-refractivity contribution in [3.05, 3.63) is 28.8 Å². The Labute approximate surface area is 134 Å². The maximum atomic E-state index is 12.9. The molecule has 0 spiro atoms. The molecule has 3 nitrogen and oxygen atoms in total. The predicted molar refractivity (Wildman–Crippen MR) is 83.8 cm³/mol. The normalized spacial score (nSPS) is 11.1. The summed E-state index contributed by atoms with van der Waals surface area (Å²) in [6.07, 6.45) is -4.60. The topological polar surface area (TPSA) is 32.3 Å². The van der Waals surface area contributed by atoms with Gasteiger partial charge in [0.05, 0.1) is 17.0 Å². The molecule has 116 valence electrons. The molecule has 0 fully saturated rings. The number of alkyl halides is 3. The zero-order chi connectivity index (χ0) is 16.2. The van der Waals surface area contributed by atoms with Crippen molar-refractivity contribution in [3.63, 3.8) is 0 Å². The molecule has 0 aliphatic rings. The number of thiocarbonyl (C=S) groups is 1. The number of anilines is 1. The molecule has 0 heterocycles. The van der Waals surface area contributed by atoms with Crippen LogP contribution >= 0.6 is 35.6 Å². The van der Waals surface area contributed by atoms with Crippen molar-refractivity contribution in [2.45, 2.75) is 6.18 Å². The van der Waals surface area contributed by atoms with Gasteiger partial charge in [-0.15, -0.1) is 0 Å². The van der Waals surface area contributed by atoms with Crippen LogP contribution in [0.2, 0.25) is 5.02 Å². The van der Waals surface area contributed by atoms with Crippen molar-refractivity contribution in [1.82, 2.24) is 4.90 Å². The van der Waals surface area contributed by atoms with Gasteiger partial charge in [-0.05, 0) is 18.2 Å². The van der Waals surface area contributed by atoms with Gasteiger partial charge in [0.25, 0.3) is 0 Å². The van der Waals surface area contributed by atoms with Gasteiger partial charge in [-0.1, -0.05) is 35.6 Å². The molecule has 0 saturated carbocycles. The molecule has 9 heteroatoms. The minimum absolute atomic E-state index is 0.0523. The average Bonchev–Trinajstić information content (AvgIpc) is 2.36. The molecule has 1 amide bonds. The van der Waals surface area contributed by atoms with Crippen molar-refractivity contribution in [2.75, 3.05) is 25.2 Å². The van der Waals surface area contributed by atoms with Gasteiger partial charge >= 0.3 is 6.18 Å². The van der Waals surface area contributed by atoms with Crippen LogP contribution in [0.1, 0.15) is 5.56 Å². The molecule has 0 aromatic heterocycles. The Hall–Kier alpha value is -0.990. The molecule has 1 rings (SSSR count). The fourth-order valence-electron chi connectivity index (χ4n) is 1.30. The summed E-state index contributed by atoms with van der Waals surface area (Å²) in [7, 11) is 3.43. The summed E-state index contributed by atoms with van der Waals surface area (Å²) in [4.78, 5) is 13.3. The van der Waals surface area contributed by atoms with Gasteiger partial charge in [-0.25, -0.2) is 0 Å². The Bertz CT molecular complexity index is 550. The fourth-order valence-corrected chi connectivity index (χ4v) is 2.24. The van der Waals surface area contributed by atoms with Gasteiger partial charge in [0.2, 0.25) is 5.91 Å². The maximum absolute atomic E-state index is 12.9. The summed E-state index contributed by atoms with van der Waals surface area (Å²) in [5, 5.41) is 2.17. The minimum Gasteiger partial charge on any atom is -0.364 e. The first-order chi connectivity index (χ1) is 9.61. The van der Waals surface area contributed by atoms with Crippen LogP contribution in [0.3, 0.4) is 0 Å². The summed E-state index contributed by atoms with van der Waals surface area (Å²) in [5.74, 6) is -0.645. The van der Waals surface area contributed by atoms with E-state index in [0.29, 0.717) is 4.32 Å². The number of nitrogens with one attached hydrogen (secondary N) is 1. The highest BCUT2D eigenvalue weighted by Gasteiger charge is 2.34. The van der Waals surface area contributed by atoms with Crippen molar-refractivity contribution < 1.29 is 18.0 Å². The van der Waals surface area contributed by atoms with E-state index in [-0.39, 0.29) is 16.5 Å². The molecule has 1 aromatic carbocycles. The molecule has 0 bridgehead atoms. The van der Waals surface area contributed by atoms with E-state index in [1.54, 1.807) is 19.0 Å². The van der Waals surface area contributed by atoms with E-state index in [4.69, 9.17) is 23.8 Å². The molecule has 0 unspecified atom stereocenters. The summed E-state index contributed by atoms with van der Waals surface area (Å²) in [6, 6.07) is 3.18. The highest BCUT2D eigenvalue weighted by Crippen LogP contribution is 2.36. The summed E-state index contributed by atoms with van der Waals surface area (Å²) >= 11 is 11.6. The second-order valence-electron chi connectivity index (χ2n) is 4.18. The summed E-state index contributed by atoms with van der Waals surface area (Å²) in [5.41, 5.74) is -1.31. The number of halogens is 4. The lowest BCUT2D eigenvalue weighted by Crippen LogP contribution is -2.22. The Morgan fingerprint density at radius 2 is 2.05 bits per heavy atom. The first-order valence-electron chi connectivity index (χ1n) is 5.62. The van der Waals surface area contributed by atoms with E-state index in [9.17, 15) is 18.0 Å². The Morgan fingerprint density at radius 3 is 2.57 bits per heavy atom. The van der Waals surface area contributed by atoms with Crippen molar-refractivity contribution in [3.8, 4) is 0 Å². The summed E-state index contributed by atoms with van der Waals surface area (Å²) < 4.78 is 39.0. The van der Waals surface area contributed by atoms with Crippen LogP contribution in [0.25, 0.3) is 0 Å². The molecular formula is C12H12ClF3N2OS2. The Kier molecular flexibility index (Phi) is 6.30. The van der Waals surface area contributed by atoms with Crippen LogP contribution in [0, 0.1) is 0 Å². The molecule has 0 aliphatic heterocycles. The third-order valence-electron chi connectivity index (χ3n) is 2.25. The number of thioether (sulfide) groups is 1. The molecule has 21 heavy (non-hydrogen) atoms. The summed E-state index contributed by atoms with van der Waals surface area (Å²) in [6.45, 7) is 0. The van der Waals surface area contributed by atoms with Gasteiger partial charge < -0.3 is 10.2 Å². The third kappa shape index (κ3) is 5.72. The zero-order valence-corrected chi connectivity index (χ0v) is 13.5. The number of rotatable bonds is 3. The molecule has 0 atom stereocenters. The van der Waals surface area contributed by atoms with Gasteiger partial charge in [0.1, 0.15) is 4.32 Å². The van der Waals surface area contributed by atoms with E-state index >= 15 is 0 Å². The van der Waals surface area contributed by atoms with E-state index in [2.05, 4.69) is 5.32 Å². The lowest BCUT2D eigenvalue weighted by Gasteiger charge is -2.15. The first kappa shape index (κ1) is 18.1. The Morgan fingerprint density at radius 1 is 1.43 bits per heavy atom. The van der Waals surface area contributed by atoms with E-state index < -0.39 is 17.6 Å². The maximum Gasteiger partial charge on any atom is 0.418 e. The van der Waals surface area contributed by atoms with Gasteiger partial charge in [0.15, 0.2) is 0 Å². The highest BCUT2D eigenvalue weighted by atomic mass is 35.5. The van der Waals surface area contributed by atoms with Crippen LogP contribution < -0.4 is 5.32 Å². The third-order valence-corrected chi connectivity index (χ3v) is 4.23. The number of nitrogens with zero attached hydrogens (tertiary/aromatic N) is 1. The van der Waals surface area contributed by atoms with E-state index in [1.807, 2.05) is 0 Å². The number of carbonyl (C=O) groups is 1. The second kappa shape index (κ2) is 7.33. The van der Waals surface area contributed by atoms with Crippen molar-refractivity contribution >= 4 is 51.5 Å². The predicted octanol–water partition coefficient (Wildman–Crippen LogP) is 3.88. The lowest BCUT2D eigenvalue weighted by atomic mass is 10.1. The smallest absolute Gasteiger partial charge is 0.364 e. The standard InChI is InChI=1S/C12H12ClF3N2OS2/c1-18(2)11(20)21-6-10(19)17-9-4-3-7(13)5-8(9)12(14,15)16/h3-5H,6H2,1-2H3,(H,17,19). The SMILES string of the molecule is CN(C)C(=S)SCC(=O)Nc1ccc(Cl)cc1C(F)(F)F. The molecule has 1 N–H and O–H groups in total. The minimum atomic E-state index is -4.60. The molecular weight excluding hydrogens is 345 g/mol. The van der Waals surface area contributed by atoms with E-state index in [0.717, 1.165) is 23.9 Å². The highest BCUT2D eigenvalue weighted by molar-refractivity contribution is 8.23. The lowest BCUT2D eigenvalue weighted by molar-refractivity contribution is -0.137. The van der Waals surface area contributed by atoms with E-state index in [1.165, 1.54) is 6.07 Å². The molecule has 0 aliphatic carbocycles. The number of amides is 1. The van der Waals surface area contributed by atoms with Crippen LogP contribution in [-0.4, -0.2) is 35.0 Å². The molecule has 1 aromatic rings. The van der Waals surface area contributed by atoms with Crippen molar-refractivity contribution in [2.24, 2.45) is 0 Å². The monoisotopic (exact) mass is 356 g/mol. The Balaban J connectivity index is 2.79. The van der Waals surface area contributed by atoms with Crippen LogP contribution in [0.15, 0.2) is 18.2 Å². The van der Waals surface area contributed by atoms with Crippen molar-refractivity contribution in [1.29, 1.82) is 0 Å². The molecule has 0 saturated heterocycles. The number of hydrogen-bond acceptors (Lipinski definition) is 3. The average molecular weight is 357 g/mol. The number of carbonyl (C=O) groups excluding carboxylic acids is 1. The number of benzene rings is 1. The quantitative estimate of drug-likeness (QED) is 0.833. The fraction of sp³-hybridized carbons (Fsp3) is 0.333. The van der Waals surface area contributed by atoms with Crippen LogP contribution in [0.5, 0.6) is 0 Å². The zero-order valence-electron chi connectivity index (χ0n) is 11.1. The first-order valence-corrected chi connectivity index (χ1v) is 7.39. The second-order valence-corrected chi connectivity index (χ2v) is 6.23. The van der Waals surface area contributed by atoms with Crippen LogP contribution in [-0.2, 0) is 11.0 Å². The van der Waals surface area contributed by atoms with Crippen LogP contribution in [0.4, 0.5) is 18.9 Å². The number of hydrogen-bond donors (Lipinski definition) is 1. The van der Waals surface area contributed by atoms with Gasteiger partial charge in [-0.2, -0.15) is 13.2 Å². The molecule has 0 radical (unpaired) electrons. The van der Waals surface area contributed by atoms with Gasteiger partial charge in [0, 0.05) is 19.1 Å². The van der Waals surface area contributed by atoms with Gasteiger partial charge in [-0.3, -0.25) is 4.79 Å².